The van der Waals surface area contributed by atoms with Crippen LogP contribution in [0.4, 0.5) is 0 Å². The van der Waals surface area contributed by atoms with E-state index in [1.165, 1.54) is 38.5 Å². The van der Waals surface area contributed by atoms with E-state index < -0.39 is 0 Å². The van der Waals surface area contributed by atoms with Crippen LogP contribution in [0, 0.1) is 10.8 Å². The first-order valence-corrected chi connectivity index (χ1v) is 5.39. The van der Waals surface area contributed by atoms with Gasteiger partial charge in [0.05, 0.1) is 0 Å². The fraction of sp³-hybridized carbons (Fsp3) is 0.833. The molecule has 1 saturated carbocycles. The van der Waals surface area contributed by atoms with Crippen molar-refractivity contribution in [3.05, 3.63) is 12.2 Å². The Morgan fingerprint density at radius 2 is 1.75 bits per heavy atom. The standard InChI is InChI=1S/C12H20/c1-3-4-12-8-5-11(2,6-9-12)7-10-12/h5,8H,3-4,6-7,9-10H2,1-2H3. The van der Waals surface area contributed by atoms with Gasteiger partial charge in [0.15, 0.2) is 0 Å². The number of allylic oxidation sites excluding steroid dienone is 2. The number of rotatable bonds is 2. The van der Waals surface area contributed by atoms with Crippen LogP contribution in [0.5, 0.6) is 0 Å². The van der Waals surface area contributed by atoms with Gasteiger partial charge in [-0.3, -0.25) is 0 Å². The largest absolute Gasteiger partial charge is 0.0820 e. The van der Waals surface area contributed by atoms with Gasteiger partial charge in [0.25, 0.3) is 0 Å². The molecule has 1 fully saturated rings. The summed E-state index contributed by atoms with van der Waals surface area (Å²) in [4.78, 5) is 0. The van der Waals surface area contributed by atoms with Gasteiger partial charge < -0.3 is 0 Å². The van der Waals surface area contributed by atoms with Crippen molar-refractivity contribution in [3.63, 3.8) is 0 Å². The van der Waals surface area contributed by atoms with E-state index in [1.54, 1.807) is 0 Å². The maximum absolute atomic E-state index is 2.53. The summed E-state index contributed by atoms with van der Waals surface area (Å²) in [5.41, 5.74) is 1.21. The smallest absolute Gasteiger partial charge is 0.0117 e. The Kier molecular flexibility index (Phi) is 1.82. The third kappa shape index (κ3) is 1.22. The van der Waals surface area contributed by atoms with Crippen molar-refractivity contribution in [3.8, 4) is 0 Å². The first kappa shape index (κ1) is 8.34. The highest BCUT2D eigenvalue weighted by Crippen LogP contribution is 2.53. The fourth-order valence-corrected chi connectivity index (χ4v) is 2.86. The maximum Gasteiger partial charge on any atom is -0.0117 e. The molecule has 3 aliphatic rings. The summed E-state index contributed by atoms with van der Waals surface area (Å²) in [6, 6.07) is 0. The summed E-state index contributed by atoms with van der Waals surface area (Å²) < 4.78 is 0. The Bertz CT molecular complexity index is 192. The van der Waals surface area contributed by atoms with Crippen LogP contribution >= 0.6 is 0 Å². The molecule has 0 atom stereocenters. The second-order valence-electron chi connectivity index (χ2n) is 5.10. The molecule has 0 saturated heterocycles. The monoisotopic (exact) mass is 164 g/mol. The molecule has 0 nitrogen and oxygen atoms in total. The highest BCUT2D eigenvalue weighted by Gasteiger charge is 2.41. The summed E-state index contributed by atoms with van der Waals surface area (Å²) in [6.07, 6.45) is 13.6. The normalized spacial score (nSPS) is 45.2. The van der Waals surface area contributed by atoms with Gasteiger partial charge in [0.2, 0.25) is 0 Å². The minimum atomic E-state index is 0.579. The molecule has 0 N–H and O–H groups in total. The van der Waals surface area contributed by atoms with Crippen LogP contribution in [0.1, 0.15) is 52.4 Å². The molecule has 0 spiro atoms. The quantitative estimate of drug-likeness (QED) is 0.543. The molecular formula is C12H20. The molecule has 12 heavy (non-hydrogen) atoms. The zero-order chi connectivity index (χ0) is 8.66. The number of hydrogen-bond acceptors (Lipinski definition) is 0. The van der Waals surface area contributed by atoms with Crippen molar-refractivity contribution >= 4 is 0 Å². The lowest BCUT2D eigenvalue weighted by Gasteiger charge is -2.47. The molecule has 68 valence electrons. The van der Waals surface area contributed by atoms with Gasteiger partial charge in [-0.05, 0) is 42.9 Å². The summed E-state index contributed by atoms with van der Waals surface area (Å²) in [5.74, 6) is 0. The first-order chi connectivity index (χ1) is 5.68. The van der Waals surface area contributed by atoms with Crippen LogP contribution in [-0.4, -0.2) is 0 Å². The van der Waals surface area contributed by atoms with Crippen molar-refractivity contribution in [1.82, 2.24) is 0 Å². The summed E-state index contributed by atoms with van der Waals surface area (Å²) in [7, 11) is 0. The molecule has 0 aromatic heterocycles. The summed E-state index contributed by atoms with van der Waals surface area (Å²) in [6.45, 7) is 4.73. The van der Waals surface area contributed by atoms with Crippen LogP contribution < -0.4 is 0 Å². The summed E-state index contributed by atoms with van der Waals surface area (Å²) in [5, 5.41) is 0. The minimum Gasteiger partial charge on any atom is -0.0820 e. The highest BCUT2D eigenvalue weighted by atomic mass is 14.5. The van der Waals surface area contributed by atoms with E-state index in [1.807, 2.05) is 0 Å². The fourth-order valence-electron chi connectivity index (χ4n) is 2.86. The lowest BCUT2D eigenvalue weighted by atomic mass is 9.58. The minimum absolute atomic E-state index is 0.579. The average molecular weight is 164 g/mol. The topological polar surface area (TPSA) is 0 Å². The van der Waals surface area contributed by atoms with E-state index >= 15 is 0 Å². The summed E-state index contributed by atoms with van der Waals surface area (Å²) >= 11 is 0. The zero-order valence-corrected chi connectivity index (χ0v) is 8.40. The maximum atomic E-state index is 2.53. The Morgan fingerprint density at radius 3 is 2.17 bits per heavy atom. The van der Waals surface area contributed by atoms with Crippen molar-refractivity contribution in [2.24, 2.45) is 10.8 Å². The highest BCUT2D eigenvalue weighted by molar-refractivity contribution is 5.15. The molecule has 0 heterocycles. The SMILES string of the molecule is CCCC12C=CC(C)(CC1)CC2. The molecule has 0 aromatic rings. The lowest BCUT2D eigenvalue weighted by molar-refractivity contribution is 0.127. The Hall–Kier alpha value is -0.260. The second kappa shape index (κ2) is 2.61. The van der Waals surface area contributed by atoms with Gasteiger partial charge in [-0.15, -0.1) is 0 Å². The first-order valence-electron chi connectivity index (χ1n) is 5.39. The van der Waals surface area contributed by atoms with Crippen molar-refractivity contribution in [2.75, 3.05) is 0 Å². The van der Waals surface area contributed by atoms with Gasteiger partial charge in [-0.1, -0.05) is 32.4 Å². The lowest BCUT2D eigenvalue weighted by Crippen LogP contribution is -2.35. The van der Waals surface area contributed by atoms with Crippen LogP contribution in [0.25, 0.3) is 0 Å². The van der Waals surface area contributed by atoms with Gasteiger partial charge in [-0.25, -0.2) is 0 Å². The Morgan fingerprint density at radius 1 is 1.08 bits per heavy atom. The van der Waals surface area contributed by atoms with Crippen molar-refractivity contribution in [2.45, 2.75) is 52.4 Å². The molecule has 0 aliphatic heterocycles. The predicted octanol–water partition coefficient (Wildman–Crippen LogP) is 3.92. The number of fused-ring (bicyclic) bond motifs is 2. The molecule has 0 aromatic carbocycles. The van der Waals surface area contributed by atoms with Crippen LogP contribution in [0.15, 0.2) is 12.2 Å². The molecule has 2 bridgehead atoms. The molecule has 3 rings (SSSR count). The van der Waals surface area contributed by atoms with E-state index in [4.69, 9.17) is 0 Å². The van der Waals surface area contributed by atoms with Crippen LogP contribution in [0.3, 0.4) is 0 Å². The van der Waals surface area contributed by atoms with Crippen LogP contribution in [0.2, 0.25) is 0 Å². The molecule has 0 unspecified atom stereocenters. The van der Waals surface area contributed by atoms with Gasteiger partial charge >= 0.3 is 0 Å². The van der Waals surface area contributed by atoms with E-state index in [9.17, 15) is 0 Å². The van der Waals surface area contributed by atoms with E-state index in [0.29, 0.717) is 10.8 Å². The zero-order valence-electron chi connectivity index (χ0n) is 8.40. The average Bonchev–Trinajstić information content (AvgIpc) is 2.08. The number of hydrogen-bond donors (Lipinski definition) is 0. The molecule has 0 radical (unpaired) electrons. The van der Waals surface area contributed by atoms with Gasteiger partial charge in [0, 0.05) is 0 Å². The third-order valence-corrected chi connectivity index (χ3v) is 3.98. The van der Waals surface area contributed by atoms with Gasteiger partial charge in [-0.2, -0.15) is 0 Å². The van der Waals surface area contributed by atoms with E-state index in [2.05, 4.69) is 26.0 Å². The molecular weight excluding hydrogens is 144 g/mol. The Balaban J connectivity index is 2.17. The van der Waals surface area contributed by atoms with Gasteiger partial charge in [0.1, 0.15) is 0 Å². The predicted molar refractivity (Wildman–Crippen MR) is 53.1 cm³/mol. The van der Waals surface area contributed by atoms with Crippen molar-refractivity contribution < 1.29 is 0 Å². The van der Waals surface area contributed by atoms with E-state index in [-0.39, 0.29) is 0 Å². The molecule has 3 aliphatic carbocycles. The van der Waals surface area contributed by atoms with Crippen LogP contribution in [-0.2, 0) is 0 Å². The Labute approximate surface area is 76.1 Å². The van der Waals surface area contributed by atoms with Crippen molar-refractivity contribution in [1.29, 1.82) is 0 Å². The van der Waals surface area contributed by atoms with E-state index in [0.717, 1.165) is 0 Å². The molecule has 0 amide bonds. The third-order valence-electron chi connectivity index (χ3n) is 3.98. The second-order valence-corrected chi connectivity index (χ2v) is 5.10. The molecule has 0 heteroatoms.